The second-order valence-electron chi connectivity index (χ2n) is 6.64. The maximum absolute atomic E-state index is 12.6. The number of ether oxygens (including phenoxy) is 2. The van der Waals surface area contributed by atoms with Crippen molar-refractivity contribution in [1.29, 1.82) is 0 Å². The molecule has 6 heteroatoms. The number of benzene rings is 2. The van der Waals surface area contributed by atoms with E-state index in [0.29, 0.717) is 11.3 Å². The van der Waals surface area contributed by atoms with Crippen LogP contribution < -0.4 is 15.2 Å². The Balaban J connectivity index is 1.78. The first-order valence-corrected chi connectivity index (χ1v) is 8.97. The number of hydrogen-bond donors (Lipinski definition) is 0. The summed E-state index contributed by atoms with van der Waals surface area (Å²) in [6.07, 6.45) is 3.56. The average Bonchev–Trinajstić information content (AvgIpc) is 3.15. The molecule has 2 aromatic heterocycles. The van der Waals surface area contributed by atoms with Crippen LogP contribution in [-0.2, 0) is 13.7 Å². The molecule has 0 aliphatic rings. The molecule has 142 valence electrons. The molecule has 4 rings (SSSR count). The van der Waals surface area contributed by atoms with E-state index in [1.54, 1.807) is 29.3 Å². The van der Waals surface area contributed by atoms with Gasteiger partial charge in [-0.25, -0.2) is 9.78 Å². The number of aromatic nitrogens is 3. The Labute approximate surface area is 162 Å². The highest BCUT2D eigenvalue weighted by Gasteiger charge is 2.15. The van der Waals surface area contributed by atoms with Crippen molar-refractivity contribution < 1.29 is 9.47 Å². The Hall–Kier alpha value is -3.54. The van der Waals surface area contributed by atoms with E-state index in [2.05, 4.69) is 4.98 Å². The molecule has 28 heavy (non-hydrogen) atoms. The minimum Gasteiger partial charge on any atom is -0.497 e. The van der Waals surface area contributed by atoms with Crippen LogP contribution in [0.2, 0.25) is 0 Å². The summed E-state index contributed by atoms with van der Waals surface area (Å²) in [6.45, 7) is 2.30. The standard InChI is InChI=1S/C22H21N3O3/c1-15-11-18(27-3)9-10-19(15)20-13-24(2)22(26)25-12-16(23-21(20)25)14-28-17-7-5-4-6-8-17/h4-13H,14H2,1-3H3. The molecular weight excluding hydrogens is 354 g/mol. The lowest BCUT2D eigenvalue weighted by Gasteiger charge is -2.11. The van der Waals surface area contributed by atoms with E-state index in [1.165, 1.54) is 0 Å². The van der Waals surface area contributed by atoms with E-state index in [1.807, 2.05) is 61.7 Å². The first-order valence-electron chi connectivity index (χ1n) is 8.97. The minimum atomic E-state index is -0.150. The zero-order valence-electron chi connectivity index (χ0n) is 16.0. The Morgan fingerprint density at radius 3 is 2.50 bits per heavy atom. The van der Waals surface area contributed by atoms with Crippen LogP contribution in [0.4, 0.5) is 0 Å². The number of fused-ring (bicyclic) bond motifs is 1. The molecule has 0 amide bonds. The van der Waals surface area contributed by atoms with Gasteiger partial charge in [0.2, 0.25) is 0 Å². The number of para-hydroxylation sites is 1. The van der Waals surface area contributed by atoms with Crippen LogP contribution in [0.25, 0.3) is 16.8 Å². The fourth-order valence-corrected chi connectivity index (χ4v) is 3.24. The molecule has 0 unspecified atom stereocenters. The Morgan fingerprint density at radius 2 is 1.79 bits per heavy atom. The van der Waals surface area contributed by atoms with Gasteiger partial charge in [-0.15, -0.1) is 0 Å². The fraction of sp³-hybridized carbons (Fsp3) is 0.182. The zero-order valence-corrected chi connectivity index (χ0v) is 16.0. The summed E-state index contributed by atoms with van der Waals surface area (Å²) in [4.78, 5) is 17.3. The molecule has 6 nitrogen and oxygen atoms in total. The van der Waals surface area contributed by atoms with Gasteiger partial charge < -0.3 is 14.0 Å². The van der Waals surface area contributed by atoms with Crippen molar-refractivity contribution in [2.24, 2.45) is 7.05 Å². The number of aryl methyl sites for hydroxylation is 2. The van der Waals surface area contributed by atoms with Crippen molar-refractivity contribution >= 4 is 5.65 Å². The molecule has 0 radical (unpaired) electrons. The summed E-state index contributed by atoms with van der Waals surface area (Å²) in [5.41, 5.74) is 4.09. The van der Waals surface area contributed by atoms with Crippen LogP contribution in [-0.4, -0.2) is 21.1 Å². The molecule has 0 aliphatic heterocycles. The molecule has 0 N–H and O–H groups in total. The summed E-state index contributed by atoms with van der Waals surface area (Å²) < 4.78 is 14.2. The Morgan fingerprint density at radius 1 is 1.00 bits per heavy atom. The Kier molecular flexibility index (Phi) is 4.61. The monoisotopic (exact) mass is 375 g/mol. The largest absolute Gasteiger partial charge is 0.497 e. The highest BCUT2D eigenvalue weighted by Crippen LogP contribution is 2.29. The molecule has 0 saturated heterocycles. The lowest BCUT2D eigenvalue weighted by molar-refractivity contribution is 0.302. The third-order valence-electron chi connectivity index (χ3n) is 4.68. The van der Waals surface area contributed by atoms with Crippen molar-refractivity contribution in [3.63, 3.8) is 0 Å². The topological polar surface area (TPSA) is 57.8 Å². The maximum atomic E-state index is 12.6. The summed E-state index contributed by atoms with van der Waals surface area (Å²) >= 11 is 0. The molecule has 2 aromatic carbocycles. The summed E-state index contributed by atoms with van der Waals surface area (Å²) in [7, 11) is 3.39. The first-order chi connectivity index (χ1) is 13.6. The van der Waals surface area contributed by atoms with Gasteiger partial charge in [-0.05, 0) is 42.3 Å². The zero-order chi connectivity index (χ0) is 19.7. The van der Waals surface area contributed by atoms with Gasteiger partial charge in [0.25, 0.3) is 0 Å². The van der Waals surface area contributed by atoms with E-state index >= 15 is 0 Å². The molecule has 4 aromatic rings. The number of rotatable bonds is 5. The van der Waals surface area contributed by atoms with Crippen LogP contribution >= 0.6 is 0 Å². The van der Waals surface area contributed by atoms with E-state index in [-0.39, 0.29) is 12.3 Å². The highest BCUT2D eigenvalue weighted by molar-refractivity contribution is 5.79. The molecule has 0 bridgehead atoms. The maximum Gasteiger partial charge on any atom is 0.333 e. The van der Waals surface area contributed by atoms with Crippen LogP contribution in [0.15, 0.2) is 65.7 Å². The van der Waals surface area contributed by atoms with Gasteiger partial charge >= 0.3 is 5.69 Å². The van der Waals surface area contributed by atoms with Crippen molar-refractivity contribution in [2.45, 2.75) is 13.5 Å². The summed E-state index contributed by atoms with van der Waals surface area (Å²) in [6, 6.07) is 15.4. The normalized spacial score (nSPS) is 11.0. The second-order valence-corrected chi connectivity index (χ2v) is 6.64. The van der Waals surface area contributed by atoms with Gasteiger partial charge in [0.15, 0.2) is 5.65 Å². The van der Waals surface area contributed by atoms with Gasteiger partial charge in [-0.2, -0.15) is 0 Å². The third kappa shape index (κ3) is 3.24. The van der Waals surface area contributed by atoms with Gasteiger partial charge in [0, 0.05) is 25.0 Å². The summed E-state index contributed by atoms with van der Waals surface area (Å²) in [5.74, 6) is 1.56. The lowest BCUT2D eigenvalue weighted by Crippen LogP contribution is -2.23. The van der Waals surface area contributed by atoms with Crippen LogP contribution in [0.5, 0.6) is 11.5 Å². The highest BCUT2D eigenvalue weighted by atomic mass is 16.5. The number of methoxy groups -OCH3 is 1. The molecule has 0 fully saturated rings. The van der Waals surface area contributed by atoms with Crippen molar-refractivity contribution in [2.75, 3.05) is 7.11 Å². The van der Waals surface area contributed by atoms with Crippen LogP contribution in [0.1, 0.15) is 11.3 Å². The summed E-state index contributed by atoms with van der Waals surface area (Å²) in [5, 5.41) is 0. The Bertz CT molecular complexity index is 1190. The van der Waals surface area contributed by atoms with Crippen LogP contribution in [0, 0.1) is 6.92 Å². The van der Waals surface area contributed by atoms with E-state index in [0.717, 1.165) is 28.2 Å². The molecular formula is C22H21N3O3. The van der Waals surface area contributed by atoms with Gasteiger partial charge in [0.1, 0.15) is 18.1 Å². The fourth-order valence-electron chi connectivity index (χ4n) is 3.24. The number of imidazole rings is 1. The number of hydrogen-bond acceptors (Lipinski definition) is 4. The van der Waals surface area contributed by atoms with Crippen molar-refractivity contribution in [3.8, 4) is 22.6 Å². The van der Waals surface area contributed by atoms with Crippen LogP contribution in [0.3, 0.4) is 0 Å². The smallest absolute Gasteiger partial charge is 0.333 e. The molecule has 0 atom stereocenters. The molecule has 0 spiro atoms. The molecule has 0 aliphatic carbocycles. The SMILES string of the molecule is COc1ccc(-c2cn(C)c(=O)n3cc(COc4ccccc4)nc23)c(C)c1. The quantitative estimate of drug-likeness (QED) is 0.535. The van der Waals surface area contributed by atoms with Crippen molar-refractivity contribution in [1.82, 2.24) is 14.0 Å². The van der Waals surface area contributed by atoms with Gasteiger partial charge in [-0.1, -0.05) is 24.3 Å². The lowest BCUT2D eigenvalue weighted by atomic mass is 10.0. The molecule has 2 heterocycles. The first kappa shape index (κ1) is 17.9. The van der Waals surface area contributed by atoms with E-state index < -0.39 is 0 Å². The third-order valence-corrected chi connectivity index (χ3v) is 4.68. The second kappa shape index (κ2) is 7.23. The predicted octanol–water partition coefficient (Wildman–Crippen LogP) is 3.60. The number of nitrogens with zero attached hydrogens (tertiary/aromatic N) is 3. The van der Waals surface area contributed by atoms with Gasteiger partial charge in [0.05, 0.1) is 12.8 Å². The molecule has 0 saturated carbocycles. The van der Waals surface area contributed by atoms with E-state index in [4.69, 9.17) is 9.47 Å². The average molecular weight is 375 g/mol. The van der Waals surface area contributed by atoms with Crippen molar-refractivity contribution in [3.05, 3.63) is 82.7 Å². The van der Waals surface area contributed by atoms with E-state index in [9.17, 15) is 4.79 Å². The predicted molar refractivity (Wildman–Crippen MR) is 108 cm³/mol. The van der Waals surface area contributed by atoms with Gasteiger partial charge in [-0.3, -0.25) is 4.40 Å². The minimum absolute atomic E-state index is 0.150.